The number of halogens is 1. The molecule has 1 heterocycles. The van der Waals surface area contributed by atoms with Gasteiger partial charge in [-0.15, -0.1) is 0 Å². The molecule has 0 aliphatic carbocycles. The van der Waals surface area contributed by atoms with Gasteiger partial charge in [0.1, 0.15) is 11.5 Å². The molecule has 3 rings (SSSR count). The minimum absolute atomic E-state index is 0.232. The maximum atomic E-state index is 12.4. The van der Waals surface area contributed by atoms with E-state index in [1.54, 1.807) is 18.2 Å². The Morgan fingerprint density at radius 1 is 1.00 bits per heavy atom. The first-order valence-electron chi connectivity index (χ1n) is 8.16. The van der Waals surface area contributed by atoms with Crippen LogP contribution in [-0.2, 0) is 0 Å². The number of nitrogens with zero attached hydrogens (tertiary/aromatic N) is 2. The van der Waals surface area contributed by atoms with Gasteiger partial charge in [-0.05, 0) is 61.7 Å². The van der Waals surface area contributed by atoms with Gasteiger partial charge in [0, 0.05) is 16.4 Å². The number of benzene rings is 2. The third-order valence-electron chi connectivity index (χ3n) is 3.89. The van der Waals surface area contributed by atoms with Crippen LogP contribution in [0.2, 0.25) is 5.02 Å². The van der Waals surface area contributed by atoms with Crippen molar-refractivity contribution >= 4 is 34.7 Å². The van der Waals surface area contributed by atoms with Gasteiger partial charge in [-0.3, -0.25) is 4.79 Å². The van der Waals surface area contributed by atoms with Gasteiger partial charge in [0.2, 0.25) is 0 Å². The second-order valence-corrected chi connectivity index (χ2v) is 6.56. The van der Waals surface area contributed by atoms with Crippen molar-refractivity contribution in [2.45, 2.75) is 20.8 Å². The highest BCUT2D eigenvalue weighted by Gasteiger charge is 2.11. The molecule has 0 unspecified atom stereocenters. The Labute approximate surface area is 157 Å². The molecule has 0 aliphatic rings. The number of aryl methyl sites for hydroxylation is 2. The Morgan fingerprint density at radius 3 is 2.38 bits per heavy atom. The largest absolute Gasteiger partial charge is 0.339 e. The lowest BCUT2D eigenvalue weighted by Gasteiger charge is -2.10. The van der Waals surface area contributed by atoms with Crippen LogP contribution in [0.4, 0.5) is 17.2 Å². The van der Waals surface area contributed by atoms with E-state index in [4.69, 9.17) is 11.6 Å². The average Bonchev–Trinajstić information content (AvgIpc) is 2.58. The molecule has 3 aromatic rings. The van der Waals surface area contributed by atoms with Gasteiger partial charge in [-0.25, -0.2) is 9.97 Å². The molecule has 1 aromatic heterocycles. The van der Waals surface area contributed by atoms with E-state index in [2.05, 4.69) is 26.7 Å². The molecule has 0 atom stereocenters. The summed E-state index contributed by atoms with van der Waals surface area (Å²) in [5.41, 5.74) is 4.95. The molecule has 5 nitrogen and oxygen atoms in total. The summed E-state index contributed by atoms with van der Waals surface area (Å²) in [6.07, 6.45) is 2.98. The molecule has 6 heteroatoms. The van der Waals surface area contributed by atoms with Crippen LogP contribution in [0.15, 0.2) is 48.8 Å². The number of rotatable bonds is 4. The van der Waals surface area contributed by atoms with E-state index < -0.39 is 0 Å². The molecule has 0 radical (unpaired) electrons. The zero-order valence-corrected chi connectivity index (χ0v) is 15.6. The molecule has 0 spiro atoms. The van der Waals surface area contributed by atoms with Crippen LogP contribution in [0.1, 0.15) is 27.2 Å². The van der Waals surface area contributed by atoms with E-state index >= 15 is 0 Å². The van der Waals surface area contributed by atoms with Gasteiger partial charge in [-0.2, -0.15) is 0 Å². The van der Waals surface area contributed by atoms with Gasteiger partial charge < -0.3 is 10.6 Å². The van der Waals surface area contributed by atoms with Crippen molar-refractivity contribution in [3.8, 4) is 0 Å². The molecule has 0 aliphatic heterocycles. The number of aromatic nitrogens is 2. The number of amides is 1. The van der Waals surface area contributed by atoms with Crippen LogP contribution in [0.5, 0.6) is 0 Å². The van der Waals surface area contributed by atoms with E-state index in [9.17, 15) is 4.79 Å². The van der Waals surface area contributed by atoms with Crippen LogP contribution >= 0.6 is 11.6 Å². The minimum Gasteiger partial charge on any atom is -0.339 e. The Hall–Kier alpha value is -2.92. The van der Waals surface area contributed by atoms with E-state index in [1.165, 1.54) is 12.4 Å². The van der Waals surface area contributed by atoms with Crippen molar-refractivity contribution in [3.63, 3.8) is 0 Å². The predicted molar refractivity (Wildman–Crippen MR) is 105 cm³/mol. The lowest BCUT2D eigenvalue weighted by molar-refractivity contribution is 0.102. The molecule has 0 fully saturated rings. The van der Waals surface area contributed by atoms with Crippen molar-refractivity contribution < 1.29 is 4.79 Å². The van der Waals surface area contributed by atoms with Gasteiger partial charge in [-0.1, -0.05) is 23.7 Å². The molecular formula is C20H19ClN4O. The zero-order chi connectivity index (χ0) is 18.7. The van der Waals surface area contributed by atoms with Gasteiger partial charge in [0.25, 0.3) is 5.91 Å². The third-order valence-corrected chi connectivity index (χ3v) is 4.30. The minimum atomic E-state index is -0.333. The Kier molecular flexibility index (Phi) is 5.19. The third kappa shape index (κ3) is 4.18. The summed E-state index contributed by atoms with van der Waals surface area (Å²) in [4.78, 5) is 20.8. The first kappa shape index (κ1) is 17.9. The van der Waals surface area contributed by atoms with Crippen molar-refractivity contribution in [2.75, 3.05) is 10.6 Å². The summed E-state index contributed by atoms with van der Waals surface area (Å²) in [6, 6.07) is 11.5. The van der Waals surface area contributed by atoms with Gasteiger partial charge in [0.05, 0.1) is 12.4 Å². The van der Waals surface area contributed by atoms with Crippen molar-refractivity contribution in [3.05, 3.63) is 76.2 Å². The number of anilines is 3. The monoisotopic (exact) mass is 366 g/mol. The fraction of sp³-hybridized carbons (Fsp3) is 0.150. The standard InChI is InChI=1S/C20H19ClN4O/c1-12-7-13(2)9-15(8-12)24-19-11-22-18(10-23-19)20(26)25-17-6-4-5-16(21)14(17)3/h4-11H,1-3H3,(H,23,24)(H,25,26). The topological polar surface area (TPSA) is 66.9 Å². The van der Waals surface area contributed by atoms with Crippen molar-refractivity contribution in [2.24, 2.45) is 0 Å². The fourth-order valence-electron chi connectivity index (χ4n) is 2.63. The average molecular weight is 367 g/mol. The fourth-order valence-corrected chi connectivity index (χ4v) is 2.81. The second-order valence-electron chi connectivity index (χ2n) is 6.15. The number of carbonyl (C=O) groups excluding carboxylic acids is 1. The Balaban J connectivity index is 1.72. The summed E-state index contributed by atoms with van der Waals surface area (Å²) < 4.78 is 0. The highest BCUT2D eigenvalue weighted by Crippen LogP contribution is 2.23. The van der Waals surface area contributed by atoms with Crippen LogP contribution in [0.25, 0.3) is 0 Å². The molecular weight excluding hydrogens is 348 g/mol. The van der Waals surface area contributed by atoms with E-state index in [0.717, 1.165) is 22.4 Å². The summed E-state index contributed by atoms with van der Waals surface area (Å²) in [7, 11) is 0. The first-order chi connectivity index (χ1) is 12.4. The normalized spacial score (nSPS) is 10.5. The number of nitrogens with one attached hydrogen (secondary N) is 2. The van der Waals surface area contributed by atoms with E-state index in [1.807, 2.05) is 32.9 Å². The lowest BCUT2D eigenvalue weighted by atomic mass is 10.1. The Morgan fingerprint density at radius 2 is 1.73 bits per heavy atom. The molecule has 0 saturated carbocycles. The van der Waals surface area contributed by atoms with Crippen LogP contribution in [-0.4, -0.2) is 15.9 Å². The molecule has 26 heavy (non-hydrogen) atoms. The van der Waals surface area contributed by atoms with Crippen LogP contribution in [0, 0.1) is 20.8 Å². The first-order valence-corrected chi connectivity index (χ1v) is 8.54. The highest BCUT2D eigenvalue weighted by molar-refractivity contribution is 6.31. The van der Waals surface area contributed by atoms with Crippen LogP contribution < -0.4 is 10.6 Å². The van der Waals surface area contributed by atoms with E-state index in [-0.39, 0.29) is 11.6 Å². The number of hydrogen-bond donors (Lipinski definition) is 2. The summed E-state index contributed by atoms with van der Waals surface area (Å²) in [5.74, 6) is 0.242. The van der Waals surface area contributed by atoms with Crippen LogP contribution in [0.3, 0.4) is 0 Å². The summed E-state index contributed by atoms with van der Waals surface area (Å²) >= 11 is 6.08. The predicted octanol–water partition coefficient (Wildman–Crippen LogP) is 5.05. The maximum Gasteiger partial charge on any atom is 0.275 e. The highest BCUT2D eigenvalue weighted by atomic mass is 35.5. The summed E-state index contributed by atoms with van der Waals surface area (Å²) in [5, 5.41) is 6.60. The lowest BCUT2D eigenvalue weighted by Crippen LogP contribution is -2.15. The number of carbonyl (C=O) groups is 1. The van der Waals surface area contributed by atoms with E-state index in [0.29, 0.717) is 16.5 Å². The molecule has 0 saturated heterocycles. The van der Waals surface area contributed by atoms with Crippen molar-refractivity contribution in [1.82, 2.24) is 9.97 Å². The quantitative estimate of drug-likeness (QED) is 0.678. The smallest absolute Gasteiger partial charge is 0.275 e. The number of hydrogen-bond acceptors (Lipinski definition) is 4. The van der Waals surface area contributed by atoms with Gasteiger partial charge >= 0.3 is 0 Å². The van der Waals surface area contributed by atoms with Crippen molar-refractivity contribution in [1.29, 1.82) is 0 Å². The molecule has 2 aromatic carbocycles. The molecule has 2 N–H and O–H groups in total. The SMILES string of the molecule is Cc1cc(C)cc(Nc2cnc(C(=O)Nc3cccc(Cl)c3C)cn2)c1. The van der Waals surface area contributed by atoms with Gasteiger partial charge in [0.15, 0.2) is 0 Å². The second kappa shape index (κ2) is 7.54. The zero-order valence-electron chi connectivity index (χ0n) is 14.8. The molecule has 0 bridgehead atoms. The summed E-state index contributed by atoms with van der Waals surface area (Å²) in [6.45, 7) is 5.92. The maximum absolute atomic E-state index is 12.4. The Bertz CT molecular complexity index is 934. The molecule has 1 amide bonds. The molecule has 132 valence electrons.